The van der Waals surface area contributed by atoms with Crippen LogP contribution < -0.4 is 15.5 Å². The van der Waals surface area contributed by atoms with E-state index in [1.807, 2.05) is 13.0 Å². The molecule has 1 aliphatic heterocycles. The summed E-state index contributed by atoms with van der Waals surface area (Å²) in [4.78, 5) is 22.9. The van der Waals surface area contributed by atoms with E-state index in [-0.39, 0.29) is 6.54 Å². The molecular weight excluding hydrogens is 325 g/mol. The van der Waals surface area contributed by atoms with E-state index in [2.05, 4.69) is 25.5 Å². The number of aromatic nitrogens is 2. The molecule has 2 N–H and O–H groups in total. The van der Waals surface area contributed by atoms with Crippen LogP contribution in [0.3, 0.4) is 0 Å². The molecule has 2 aromatic rings. The van der Waals surface area contributed by atoms with Crippen molar-refractivity contribution in [2.24, 2.45) is 0 Å². The smallest absolute Gasteiger partial charge is 0.319 e. The second kappa shape index (κ2) is 7.89. The largest absolute Gasteiger partial charge is 0.378 e. The van der Waals surface area contributed by atoms with Crippen LogP contribution in [0.5, 0.6) is 0 Å². The Labute approximate surface area is 145 Å². The number of carbonyl (C=O) groups excluding carboxylic acids is 1. The number of hydrogen-bond acceptors (Lipinski definition) is 5. The molecule has 1 aliphatic rings. The Balaban J connectivity index is 1.60. The summed E-state index contributed by atoms with van der Waals surface area (Å²) >= 11 is 0. The van der Waals surface area contributed by atoms with Crippen molar-refractivity contribution in [1.29, 1.82) is 0 Å². The van der Waals surface area contributed by atoms with Gasteiger partial charge in [0.15, 0.2) is 0 Å². The van der Waals surface area contributed by atoms with Crippen molar-refractivity contribution < 1.29 is 13.9 Å². The van der Waals surface area contributed by atoms with Crippen LogP contribution in [0.2, 0.25) is 0 Å². The van der Waals surface area contributed by atoms with Gasteiger partial charge in [-0.05, 0) is 25.1 Å². The average Bonchev–Trinajstić information content (AvgIpc) is 2.60. The molecule has 2 heterocycles. The molecule has 0 atom stereocenters. The number of hydrogen-bond donors (Lipinski definition) is 2. The second-order valence-corrected chi connectivity index (χ2v) is 5.70. The minimum Gasteiger partial charge on any atom is -0.378 e. The van der Waals surface area contributed by atoms with E-state index in [4.69, 9.17) is 4.74 Å². The fourth-order valence-electron chi connectivity index (χ4n) is 2.55. The first-order valence-corrected chi connectivity index (χ1v) is 8.08. The van der Waals surface area contributed by atoms with Crippen LogP contribution in [0.4, 0.5) is 20.7 Å². The summed E-state index contributed by atoms with van der Waals surface area (Å²) in [5.41, 5.74) is 1.22. The predicted octanol–water partition coefficient (Wildman–Crippen LogP) is 2.08. The van der Waals surface area contributed by atoms with Crippen molar-refractivity contribution in [3.05, 3.63) is 47.7 Å². The Hall–Kier alpha value is -2.74. The Morgan fingerprint density at radius 2 is 2.08 bits per heavy atom. The van der Waals surface area contributed by atoms with E-state index in [1.165, 1.54) is 18.2 Å². The van der Waals surface area contributed by atoms with Gasteiger partial charge in [-0.2, -0.15) is 0 Å². The Morgan fingerprint density at radius 3 is 2.84 bits per heavy atom. The van der Waals surface area contributed by atoms with E-state index < -0.39 is 11.8 Å². The van der Waals surface area contributed by atoms with Gasteiger partial charge >= 0.3 is 6.03 Å². The molecule has 1 fully saturated rings. The number of urea groups is 1. The highest BCUT2D eigenvalue weighted by Crippen LogP contribution is 2.14. The highest BCUT2D eigenvalue weighted by Gasteiger charge is 2.14. The topological polar surface area (TPSA) is 79.4 Å². The van der Waals surface area contributed by atoms with Gasteiger partial charge in [-0.3, -0.25) is 0 Å². The van der Waals surface area contributed by atoms with Crippen LogP contribution in [0.15, 0.2) is 30.3 Å². The third kappa shape index (κ3) is 4.87. The van der Waals surface area contributed by atoms with Gasteiger partial charge in [0.2, 0.25) is 0 Å². The molecule has 0 radical (unpaired) electrons. The van der Waals surface area contributed by atoms with E-state index in [0.29, 0.717) is 24.7 Å². The number of carbonyl (C=O) groups is 1. The highest BCUT2D eigenvalue weighted by molar-refractivity contribution is 5.89. The molecule has 0 bridgehead atoms. The number of nitrogens with zero attached hydrogens (tertiary/aromatic N) is 3. The summed E-state index contributed by atoms with van der Waals surface area (Å²) in [6, 6.07) is 7.19. The standard InChI is InChI=1S/C17H20FN5O2/c1-12-9-16(23-5-7-25-8-6-23)22-15(20-12)11-19-17(24)21-14-4-2-3-13(18)10-14/h2-4,9-10H,5-8,11H2,1H3,(H2,19,21,24). The van der Waals surface area contributed by atoms with E-state index in [1.54, 1.807) is 6.07 Å². The summed E-state index contributed by atoms with van der Waals surface area (Å²) in [5, 5.41) is 5.26. The molecule has 0 saturated carbocycles. The SMILES string of the molecule is Cc1cc(N2CCOCC2)nc(CNC(=O)Nc2cccc(F)c2)n1. The fourth-order valence-corrected chi connectivity index (χ4v) is 2.55. The molecule has 0 unspecified atom stereocenters. The minimum atomic E-state index is -0.441. The normalized spacial score (nSPS) is 14.2. The molecule has 1 saturated heterocycles. The van der Waals surface area contributed by atoms with Gasteiger partial charge in [0.05, 0.1) is 19.8 Å². The van der Waals surface area contributed by atoms with Gasteiger partial charge < -0.3 is 20.3 Å². The number of benzene rings is 1. The van der Waals surface area contributed by atoms with Crippen LogP contribution in [-0.4, -0.2) is 42.3 Å². The molecule has 3 rings (SSSR count). The first-order chi connectivity index (χ1) is 12.1. The number of morpholine rings is 1. The number of aryl methyl sites for hydroxylation is 1. The summed E-state index contributed by atoms with van der Waals surface area (Å²) < 4.78 is 18.5. The average molecular weight is 345 g/mol. The number of anilines is 2. The lowest BCUT2D eigenvalue weighted by Gasteiger charge is -2.28. The lowest BCUT2D eigenvalue weighted by Crippen LogP contribution is -2.37. The Bertz CT molecular complexity index is 750. The fraction of sp³-hybridized carbons (Fsp3) is 0.353. The lowest BCUT2D eigenvalue weighted by atomic mass is 10.3. The molecule has 0 spiro atoms. The van der Waals surface area contributed by atoms with Gasteiger partial charge in [-0.1, -0.05) is 6.07 Å². The molecule has 25 heavy (non-hydrogen) atoms. The van der Waals surface area contributed by atoms with Gasteiger partial charge in [-0.15, -0.1) is 0 Å². The molecular formula is C17H20FN5O2. The summed E-state index contributed by atoms with van der Waals surface area (Å²) in [6.45, 7) is 4.98. The van der Waals surface area contributed by atoms with Gasteiger partial charge in [0.25, 0.3) is 0 Å². The molecule has 1 aromatic heterocycles. The van der Waals surface area contributed by atoms with Crippen molar-refractivity contribution in [3.63, 3.8) is 0 Å². The van der Waals surface area contributed by atoms with Crippen molar-refractivity contribution in [2.45, 2.75) is 13.5 Å². The van der Waals surface area contributed by atoms with Crippen LogP contribution in [0.25, 0.3) is 0 Å². The van der Waals surface area contributed by atoms with E-state index in [0.717, 1.165) is 24.6 Å². The third-order valence-electron chi connectivity index (χ3n) is 3.71. The van der Waals surface area contributed by atoms with Gasteiger partial charge in [-0.25, -0.2) is 19.2 Å². The van der Waals surface area contributed by atoms with Gasteiger partial charge in [0.1, 0.15) is 17.5 Å². The Kier molecular flexibility index (Phi) is 5.39. The first-order valence-electron chi connectivity index (χ1n) is 8.08. The zero-order chi connectivity index (χ0) is 17.6. The third-order valence-corrected chi connectivity index (χ3v) is 3.71. The van der Waals surface area contributed by atoms with Crippen molar-refractivity contribution in [1.82, 2.24) is 15.3 Å². The lowest BCUT2D eigenvalue weighted by molar-refractivity contribution is 0.122. The van der Waals surface area contributed by atoms with Crippen molar-refractivity contribution >= 4 is 17.5 Å². The first kappa shape index (κ1) is 17.1. The van der Waals surface area contributed by atoms with Crippen LogP contribution in [0, 0.1) is 12.7 Å². The molecule has 8 heteroatoms. The number of halogens is 1. The monoisotopic (exact) mass is 345 g/mol. The maximum absolute atomic E-state index is 13.1. The number of amides is 2. The number of rotatable bonds is 4. The summed E-state index contributed by atoms with van der Waals surface area (Å²) in [5.74, 6) is 0.948. The van der Waals surface area contributed by atoms with Crippen LogP contribution in [-0.2, 0) is 11.3 Å². The maximum atomic E-state index is 13.1. The zero-order valence-electron chi connectivity index (χ0n) is 14.0. The van der Waals surface area contributed by atoms with E-state index in [9.17, 15) is 9.18 Å². The molecule has 2 amide bonds. The summed E-state index contributed by atoms with van der Waals surface area (Å²) in [7, 11) is 0. The molecule has 132 valence electrons. The number of ether oxygens (including phenoxy) is 1. The second-order valence-electron chi connectivity index (χ2n) is 5.70. The predicted molar refractivity (Wildman–Crippen MR) is 92.1 cm³/mol. The van der Waals surface area contributed by atoms with Crippen molar-refractivity contribution in [3.8, 4) is 0 Å². The summed E-state index contributed by atoms with van der Waals surface area (Å²) in [6.07, 6.45) is 0. The molecule has 1 aromatic carbocycles. The van der Waals surface area contributed by atoms with Crippen LogP contribution >= 0.6 is 0 Å². The van der Waals surface area contributed by atoms with Crippen LogP contribution in [0.1, 0.15) is 11.5 Å². The maximum Gasteiger partial charge on any atom is 0.319 e. The molecule has 0 aliphatic carbocycles. The highest BCUT2D eigenvalue weighted by atomic mass is 19.1. The number of nitrogens with one attached hydrogen (secondary N) is 2. The minimum absolute atomic E-state index is 0.181. The molecule has 7 nitrogen and oxygen atoms in total. The van der Waals surface area contributed by atoms with Crippen molar-refractivity contribution in [2.75, 3.05) is 36.5 Å². The van der Waals surface area contributed by atoms with Gasteiger partial charge in [0, 0.05) is 30.5 Å². The van der Waals surface area contributed by atoms with E-state index >= 15 is 0 Å². The Morgan fingerprint density at radius 1 is 1.28 bits per heavy atom. The zero-order valence-corrected chi connectivity index (χ0v) is 14.0. The quantitative estimate of drug-likeness (QED) is 0.887.